The molecule has 4 aliphatic carbocycles. The Morgan fingerprint density at radius 2 is 1.74 bits per heavy atom. The van der Waals surface area contributed by atoms with Crippen molar-refractivity contribution in [3.05, 3.63) is 28.2 Å². The van der Waals surface area contributed by atoms with Crippen molar-refractivity contribution < 1.29 is 9.53 Å². The molecule has 0 radical (unpaired) electrons. The summed E-state index contributed by atoms with van der Waals surface area (Å²) in [5.41, 5.74) is 0.0212. The summed E-state index contributed by atoms with van der Waals surface area (Å²) >= 11 is 12.0. The fourth-order valence-electron chi connectivity index (χ4n) is 5.33. The van der Waals surface area contributed by atoms with Crippen molar-refractivity contribution >= 4 is 29.1 Å². The highest BCUT2D eigenvalue weighted by Crippen LogP contribution is 2.55. The molecule has 0 heterocycles. The van der Waals surface area contributed by atoms with Crippen LogP contribution in [-0.4, -0.2) is 18.1 Å². The lowest BCUT2D eigenvalue weighted by atomic mass is 9.53. The number of ether oxygens (including phenoxy) is 1. The van der Waals surface area contributed by atoms with Gasteiger partial charge in [-0.05, 0) is 68.4 Å². The summed E-state index contributed by atoms with van der Waals surface area (Å²) in [4.78, 5) is 12.4. The van der Waals surface area contributed by atoms with E-state index in [1.165, 1.54) is 19.3 Å². The Bertz CT molecular complexity index is 596. The Labute approximate surface area is 146 Å². The van der Waals surface area contributed by atoms with Crippen LogP contribution >= 0.6 is 23.2 Å². The second-order valence-corrected chi connectivity index (χ2v) is 8.37. The Balaban J connectivity index is 1.38. The van der Waals surface area contributed by atoms with Gasteiger partial charge in [0.2, 0.25) is 0 Å². The number of nitrogens with one attached hydrogen (secondary N) is 1. The van der Waals surface area contributed by atoms with Crippen LogP contribution in [0.1, 0.15) is 38.5 Å². The van der Waals surface area contributed by atoms with Crippen molar-refractivity contribution in [1.29, 1.82) is 0 Å². The highest BCUT2D eigenvalue weighted by atomic mass is 35.5. The molecule has 1 amide bonds. The second-order valence-electron chi connectivity index (χ2n) is 7.59. The van der Waals surface area contributed by atoms with Crippen molar-refractivity contribution in [2.24, 2.45) is 17.8 Å². The predicted molar refractivity (Wildman–Crippen MR) is 91.0 cm³/mol. The largest absolute Gasteiger partial charge is 0.482 e. The minimum atomic E-state index is -0.0528. The molecule has 5 heteroatoms. The van der Waals surface area contributed by atoms with Crippen LogP contribution < -0.4 is 10.1 Å². The first-order valence-electron chi connectivity index (χ1n) is 8.41. The van der Waals surface area contributed by atoms with Gasteiger partial charge in [-0.2, -0.15) is 0 Å². The zero-order chi connectivity index (χ0) is 16.0. The van der Waals surface area contributed by atoms with E-state index in [1.807, 2.05) is 0 Å². The Kier molecular flexibility index (Phi) is 3.97. The Morgan fingerprint density at radius 1 is 1.13 bits per heavy atom. The summed E-state index contributed by atoms with van der Waals surface area (Å²) in [5, 5.41) is 4.08. The van der Waals surface area contributed by atoms with E-state index >= 15 is 0 Å². The van der Waals surface area contributed by atoms with Crippen LogP contribution in [0.3, 0.4) is 0 Å². The van der Waals surface area contributed by atoms with Gasteiger partial charge in [0.1, 0.15) is 10.8 Å². The molecule has 124 valence electrons. The first-order chi connectivity index (χ1) is 11.0. The predicted octanol–water partition coefficient (Wildman–Crippen LogP) is 4.46. The second kappa shape index (κ2) is 5.86. The number of carbonyl (C=O) groups excluding carboxylic acids is 1. The van der Waals surface area contributed by atoms with Gasteiger partial charge in [-0.3, -0.25) is 4.79 Å². The number of carbonyl (C=O) groups is 1. The summed E-state index contributed by atoms with van der Waals surface area (Å²) in [5.74, 6) is 2.84. The molecule has 0 spiro atoms. The van der Waals surface area contributed by atoms with Crippen LogP contribution in [-0.2, 0) is 4.79 Å². The first kappa shape index (κ1) is 15.6. The highest BCUT2D eigenvalue weighted by molar-refractivity contribution is 6.42. The van der Waals surface area contributed by atoms with Crippen LogP contribution in [0.5, 0.6) is 5.75 Å². The molecule has 3 nitrogen and oxygen atoms in total. The van der Waals surface area contributed by atoms with Crippen LogP contribution in [0.15, 0.2) is 18.2 Å². The molecule has 4 aliphatic rings. The third-order valence-electron chi connectivity index (χ3n) is 5.72. The maximum Gasteiger partial charge on any atom is 0.258 e. The molecule has 0 saturated heterocycles. The SMILES string of the molecule is O=C(COc1cccc(Cl)c1Cl)NC12CC3CC(CC(C3)C1)C2. The number of hydrogen-bond acceptors (Lipinski definition) is 2. The van der Waals surface area contributed by atoms with Crippen LogP contribution in [0.2, 0.25) is 10.0 Å². The van der Waals surface area contributed by atoms with E-state index in [2.05, 4.69) is 5.32 Å². The van der Waals surface area contributed by atoms with Crippen molar-refractivity contribution in [1.82, 2.24) is 5.32 Å². The van der Waals surface area contributed by atoms with Gasteiger partial charge in [-0.15, -0.1) is 0 Å². The van der Waals surface area contributed by atoms with E-state index < -0.39 is 0 Å². The summed E-state index contributed by atoms with van der Waals surface area (Å²) in [6, 6.07) is 5.19. The molecule has 0 atom stereocenters. The summed E-state index contributed by atoms with van der Waals surface area (Å²) in [6.07, 6.45) is 7.52. The standard InChI is InChI=1S/C18H21Cl2NO2/c19-14-2-1-3-15(17(14)20)23-10-16(22)21-18-7-11-4-12(8-18)6-13(5-11)9-18/h1-3,11-13H,4-10H2,(H,21,22). The van der Waals surface area contributed by atoms with E-state index in [0.29, 0.717) is 15.8 Å². The van der Waals surface area contributed by atoms with Crippen molar-refractivity contribution in [2.75, 3.05) is 6.61 Å². The molecular weight excluding hydrogens is 333 g/mol. The maximum absolute atomic E-state index is 12.4. The molecule has 5 rings (SSSR count). The van der Waals surface area contributed by atoms with Crippen molar-refractivity contribution in [3.8, 4) is 5.75 Å². The third kappa shape index (κ3) is 3.06. The zero-order valence-corrected chi connectivity index (χ0v) is 14.5. The van der Waals surface area contributed by atoms with Gasteiger partial charge in [-0.1, -0.05) is 29.3 Å². The van der Waals surface area contributed by atoms with E-state index in [-0.39, 0.29) is 18.1 Å². The van der Waals surface area contributed by atoms with Gasteiger partial charge in [0.25, 0.3) is 5.91 Å². The molecule has 0 unspecified atom stereocenters. The summed E-state index contributed by atoms with van der Waals surface area (Å²) in [6.45, 7) is -0.0121. The fraction of sp³-hybridized carbons (Fsp3) is 0.611. The molecule has 0 aliphatic heterocycles. The van der Waals surface area contributed by atoms with Gasteiger partial charge in [-0.25, -0.2) is 0 Å². The monoisotopic (exact) mass is 353 g/mol. The molecule has 23 heavy (non-hydrogen) atoms. The van der Waals surface area contributed by atoms with Crippen LogP contribution in [0, 0.1) is 17.8 Å². The Morgan fingerprint density at radius 3 is 2.35 bits per heavy atom. The third-order valence-corrected chi connectivity index (χ3v) is 6.52. The number of halogens is 2. The van der Waals surface area contributed by atoms with E-state index in [0.717, 1.165) is 37.0 Å². The molecule has 1 N–H and O–H groups in total. The smallest absolute Gasteiger partial charge is 0.258 e. The average molecular weight is 354 g/mol. The summed E-state index contributed by atoms with van der Waals surface area (Å²) in [7, 11) is 0. The Hall–Kier alpha value is -0.930. The lowest BCUT2D eigenvalue weighted by Gasteiger charge is -2.56. The normalized spacial score (nSPS) is 34.4. The number of hydrogen-bond donors (Lipinski definition) is 1. The molecule has 4 bridgehead atoms. The fourth-order valence-corrected chi connectivity index (χ4v) is 5.68. The van der Waals surface area contributed by atoms with Gasteiger partial charge < -0.3 is 10.1 Å². The van der Waals surface area contributed by atoms with Crippen LogP contribution in [0.25, 0.3) is 0 Å². The van der Waals surface area contributed by atoms with E-state index in [9.17, 15) is 4.79 Å². The lowest BCUT2D eigenvalue weighted by molar-refractivity contribution is -0.128. The van der Waals surface area contributed by atoms with E-state index in [4.69, 9.17) is 27.9 Å². The maximum atomic E-state index is 12.4. The molecule has 4 saturated carbocycles. The topological polar surface area (TPSA) is 38.3 Å². The van der Waals surface area contributed by atoms with Gasteiger partial charge in [0.05, 0.1) is 5.02 Å². The molecule has 4 fully saturated rings. The zero-order valence-electron chi connectivity index (χ0n) is 13.0. The molecular formula is C18H21Cl2NO2. The highest BCUT2D eigenvalue weighted by Gasteiger charge is 2.51. The first-order valence-corrected chi connectivity index (χ1v) is 9.16. The molecule has 0 aromatic heterocycles. The average Bonchev–Trinajstić information content (AvgIpc) is 2.47. The van der Waals surface area contributed by atoms with Gasteiger partial charge in [0.15, 0.2) is 6.61 Å². The number of amides is 1. The van der Waals surface area contributed by atoms with Crippen LogP contribution in [0.4, 0.5) is 0 Å². The molecule has 1 aromatic carbocycles. The minimum absolute atomic E-state index is 0.0121. The van der Waals surface area contributed by atoms with Crippen molar-refractivity contribution in [3.63, 3.8) is 0 Å². The number of benzene rings is 1. The summed E-state index contributed by atoms with van der Waals surface area (Å²) < 4.78 is 5.56. The van der Waals surface area contributed by atoms with E-state index in [1.54, 1.807) is 18.2 Å². The quantitative estimate of drug-likeness (QED) is 0.867. The van der Waals surface area contributed by atoms with Gasteiger partial charge >= 0.3 is 0 Å². The number of rotatable bonds is 4. The minimum Gasteiger partial charge on any atom is -0.482 e. The molecule has 1 aromatic rings. The van der Waals surface area contributed by atoms with Gasteiger partial charge in [0, 0.05) is 5.54 Å². The van der Waals surface area contributed by atoms with Crippen molar-refractivity contribution in [2.45, 2.75) is 44.1 Å². The lowest BCUT2D eigenvalue weighted by Crippen LogP contribution is -2.60.